The van der Waals surface area contributed by atoms with Crippen LogP contribution in [0.3, 0.4) is 0 Å². The fourth-order valence-electron chi connectivity index (χ4n) is 0. The molecule has 0 unspecified atom stereocenters. The third-order valence-electron chi connectivity index (χ3n) is 0. The minimum atomic E-state index is -0.833. The van der Waals surface area contributed by atoms with Crippen molar-refractivity contribution in [3.05, 3.63) is 0 Å². The molecule has 0 rings (SSSR count). The normalized spacial score (nSPS) is 9.44. The van der Waals surface area contributed by atoms with Gasteiger partial charge in [-0.3, -0.25) is 4.79 Å². The van der Waals surface area contributed by atoms with Gasteiger partial charge in [-0.1, -0.05) is 0 Å². The monoisotopic (exact) mass is 134 g/mol. The largest absolute Gasteiger partial charge is 0.481 e. The van der Waals surface area contributed by atoms with Gasteiger partial charge in [-0.25, -0.2) is 0 Å². The number of quaternary nitrogens is 1. The van der Waals surface area contributed by atoms with Crippen LogP contribution in [0.2, 0.25) is 0 Å². The highest BCUT2D eigenvalue weighted by Gasteiger charge is 1.88. The highest BCUT2D eigenvalue weighted by atomic mass is 16.4. The van der Waals surface area contributed by atoms with E-state index in [1.54, 1.807) is 0 Å². The molecule has 0 fully saturated rings. The second-order valence-electron chi connectivity index (χ2n) is 3.20. The molecule has 0 radical (unpaired) electrons. The first kappa shape index (κ1) is 11.3. The average molecular weight is 134 g/mol. The summed E-state index contributed by atoms with van der Waals surface area (Å²) >= 11 is 0. The van der Waals surface area contributed by atoms with Gasteiger partial charge in [0.05, 0.1) is 28.2 Å². The van der Waals surface area contributed by atoms with Crippen LogP contribution in [-0.2, 0) is 4.79 Å². The van der Waals surface area contributed by atoms with Gasteiger partial charge >= 0.3 is 0 Å². The number of rotatable bonds is 0. The first-order valence-electron chi connectivity index (χ1n) is 2.72. The topological polar surface area (TPSA) is 37.3 Å². The van der Waals surface area contributed by atoms with E-state index in [9.17, 15) is 0 Å². The fourth-order valence-corrected chi connectivity index (χ4v) is 0. The van der Waals surface area contributed by atoms with Crippen LogP contribution in [0.25, 0.3) is 0 Å². The number of hydrogen-bond acceptors (Lipinski definition) is 1. The van der Waals surface area contributed by atoms with Gasteiger partial charge < -0.3 is 9.59 Å². The van der Waals surface area contributed by atoms with Crippen LogP contribution >= 0.6 is 0 Å². The van der Waals surface area contributed by atoms with Crippen molar-refractivity contribution in [1.82, 2.24) is 0 Å². The predicted octanol–water partition coefficient (Wildman–Crippen LogP) is 0.413. The molecule has 0 heterocycles. The highest BCUT2D eigenvalue weighted by molar-refractivity contribution is 5.62. The van der Waals surface area contributed by atoms with Crippen molar-refractivity contribution in [2.45, 2.75) is 6.92 Å². The lowest BCUT2D eigenvalue weighted by molar-refractivity contribution is -0.849. The molecule has 0 aliphatic heterocycles. The summed E-state index contributed by atoms with van der Waals surface area (Å²) in [6.45, 7) is 1.08. The molecule has 0 saturated carbocycles. The molecule has 0 spiro atoms. The Bertz CT molecular complexity index is 73.5. The Morgan fingerprint density at radius 1 is 1.22 bits per heavy atom. The predicted molar refractivity (Wildman–Crippen MR) is 37.3 cm³/mol. The summed E-state index contributed by atoms with van der Waals surface area (Å²) in [5.74, 6) is -0.833. The zero-order valence-electron chi connectivity index (χ0n) is 6.80. The summed E-state index contributed by atoms with van der Waals surface area (Å²) in [6.07, 6.45) is 0. The maximum Gasteiger partial charge on any atom is 0.300 e. The zero-order valence-corrected chi connectivity index (χ0v) is 6.80. The van der Waals surface area contributed by atoms with E-state index < -0.39 is 5.97 Å². The van der Waals surface area contributed by atoms with Gasteiger partial charge in [0.25, 0.3) is 5.97 Å². The Kier molecular flexibility index (Phi) is 5.41. The first-order valence-corrected chi connectivity index (χ1v) is 2.72. The van der Waals surface area contributed by atoms with Crippen molar-refractivity contribution in [1.29, 1.82) is 0 Å². The standard InChI is InChI=1S/C4H12N.C2H4O2/c1-5(2,3)4;1-2(3)4/h1-4H3;1H3,(H,3,4)/q+1;. The molecule has 0 aromatic carbocycles. The third kappa shape index (κ3) is 674. The van der Waals surface area contributed by atoms with E-state index in [2.05, 4.69) is 28.2 Å². The maximum atomic E-state index is 9.00. The molecular weight excluding hydrogens is 118 g/mol. The van der Waals surface area contributed by atoms with Gasteiger partial charge in [-0.05, 0) is 0 Å². The van der Waals surface area contributed by atoms with E-state index in [0.717, 1.165) is 11.4 Å². The second kappa shape index (κ2) is 4.32. The van der Waals surface area contributed by atoms with Crippen LogP contribution in [0.5, 0.6) is 0 Å². The minimum Gasteiger partial charge on any atom is -0.481 e. The van der Waals surface area contributed by atoms with Crippen LogP contribution in [-0.4, -0.2) is 43.7 Å². The molecule has 9 heavy (non-hydrogen) atoms. The van der Waals surface area contributed by atoms with Crippen molar-refractivity contribution in [3.8, 4) is 0 Å². The van der Waals surface area contributed by atoms with Gasteiger partial charge in [-0.2, -0.15) is 0 Å². The van der Waals surface area contributed by atoms with Crippen molar-refractivity contribution in [3.63, 3.8) is 0 Å². The van der Waals surface area contributed by atoms with Crippen LogP contribution in [0.1, 0.15) is 6.92 Å². The van der Waals surface area contributed by atoms with Gasteiger partial charge in [0.2, 0.25) is 0 Å². The molecule has 0 amide bonds. The van der Waals surface area contributed by atoms with Crippen molar-refractivity contribution >= 4 is 5.97 Å². The zero-order chi connectivity index (χ0) is 8.08. The SMILES string of the molecule is CC(=O)O.C[N+](C)(C)C. The molecule has 3 nitrogen and oxygen atoms in total. The lowest BCUT2D eigenvalue weighted by atomic mass is 10.8. The van der Waals surface area contributed by atoms with Gasteiger partial charge in [0.1, 0.15) is 0 Å². The van der Waals surface area contributed by atoms with Crippen molar-refractivity contribution in [2.24, 2.45) is 0 Å². The van der Waals surface area contributed by atoms with Gasteiger partial charge in [0, 0.05) is 6.92 Å². The van der Waals surface area contributed by atoms with Crippen LogP contribution in [0.15, 0.2) is 0 Å². The molecule has 3 heteroatoms. The number of carbonyl (C=O) groups is 1. The Morgan fingerprint density at radius 3 is 1.22 bits per heavy atom. The van der Waals surface area contributed by atoms with Crippen molar-refractivity contribution < 1.29 is 14.4 Å². The smallest absolute Gasteiger partial charge is 0.300 e. The number of nitrogens with zero attached hydrogens (tertiary/aromatic N) is 1. The second-order valence-corrected chi connectivity index (χ2v) is 3.20. The van der Waals surface area contributed by atoms with Crippen LogP contribution in [0, 0.1) is 0 Å². The fraction of sp³-hybridized carbons (Fsp3) is 0.833. The molecule has 0 saturated heterocycles. The summed E-state index contributed by atoms with van der Waals surface area (Å²) in [4.78, 5) is 9.00. The van der Waals surface area contributed by atoms with Gasteiger partial charge in [-0.15, -0.1) is 0 Å². The lowest BCUT2D eigenvalue weighted by Crippen LogP contribution is -2.27. The van der Waals surface area contributed by atoms with E-state index in [1.165, 1.54) is 0 Å². The number of carboxylic acid groups (broad SMARTS) is 1. The summed E-state index contributed by atoms with van der Waals surface area (Å²) < 4.78 is 1.00. The van der Waals surface area contributed by atoms with Crippen LogP contribution in [0.4, 0.5) is 0 Å². The lowest BCUT2D eigenvalue weighted by Gasteiger charge is -2.14. The molecule has 0 bridgehead atoms. The number of aliphatic carboxylic acids is 1. The van der Waals surface area contributed by atoms with Crippen LogP contribution < -0.4 is 0 Å². The molecular formula is C6H16NO2+. The molecule has 0 aliphatic carbocycles. The highest BCUT2D eigenvalue weighted by Crippen LogP contribution is 1.73. The summed E-state index contributed by atoms with van der Waals surface area (Å²) in [5.41, 5.74) is 0. The average Bonchev–Trinajstić information content (AvgIpc) is 1.19. The maximum absolute atomic E-state index is 9.00. The first-order chi connectivity index (χ1) is 3.73. The molecule has 1 N–H and O–H groups in total. The van der Waals surface area contributed by atoms with Crippen molar-refractivity contribution in [2.75, 3.05) is 28.2 Å². The quantitative estimate of drug-likeness (QED) is 0.487. The Morgan fingerprint density at radius 2 is 1.22 bits per heavy atom. The molecule has 0 atom stereocenters. The summed E-state index contributed by atoms with van der Waals surface area (Å²) in [5, 5.41) is 7.42. The molecule has 0 aliphatic rings. The molecule has 0 aromatic rings. The van der Waals surface area contributed by atoms with E-state index in [0.29, 0.717) is 0 Å². The minimum absolute atomic E-state index is 0.833. The Hall–Kier alpha value is -0.570. The third-order valence-corrected chi connectivity index (χ3v) is 0. The Balaban J connectivity index is 0. The summed E-state index contributed by atoms with van der Waals surface area (Å²) in [6, 6.07) is 0. The number of hydrogen-bond donors (Lipinski definition) is 1. The van der Waals surface area contributed by atoms with E-state index in [-0.39, 0.29) is 0 Å². The van der Waals surface area contributed by atoms with Gasteiger partial charge in [0.15, 0.2) is 0 Å². The molecule has 56 valence electrons. The molecule has 0 aromatic heterocycles. The van der Waals surface area contributed by atoms with E-state index >= 15 is 0 Å². The number of carboxylic acids is 1. The van der Waals surface area contributed by atoms with E-state index in [1.807, 2.05) is 0 Å². The Labute approximate surface area is 56.5 Å². The summed E-state index contributed by atoms with van der Waals surface area (Å²) in [7, 11) is 8.50. The van der Waals surface area contributed by atoms with E-state index in [4.69, 9.17) is 9.90 Å².